The van der Waals surface area contributed by atoms with Crippen LogP contribution in [-0.2, 0) is 11.2 Å². The zero-order chi connectivity index (χ0) is 12.8. The monoisotopic (exact) mass is 244 g/mol. The molecule has 4 N–H and O–H groups in total. The molecule has 0 fully saturated rings. The molecule has 5 heteroatoms. The Labute approximate surface area is 105 Å². The van der Waals surface area contributed by atoms with Crippen molar-refractivity contribution in [2.24, 2.45) is 5.73 Å². The Kier molecular flexibility index (Phi) is 4.09. The first-order valence-corrected chi connectivity index (χ1v) is 5.83. The van der Waals surface area contributed by atoms with Gasteiger partial charge in [-0.25, -0.2) is 4.98 Å². The molecular weight excluding hydrogens is 228 g/mol. The van der Waals surface area contributed by atoms with Gasteiger partial charge in [0.15, 0.2) is 0 Å². The molecule has 18 heavy (non-hydrogen) atoms. The van der Waals surface area contributed by atoms with Gasteiger partial charge >= 0.3 is 0 Å². The lowest BCUT2D eigenvalue weighted by Crippen LogP contribution is -2.35. The first-order chi connectivity index (χ1) is 8.77. The van der Waals surface area contributed by atoms with Gasteiger partial charge in [-0.1, -0.05) is 30.3 Å². The minimum Gasteiger partial charge on any atom is -0.354 e. The maximum absolute atomic E-state index is 11.8. The number of hydrogen-bond acceptors (Lipinski definition) is 3. The number of hydrogen-bond donors (Lipinski definition) is 3. The van der Waals surface area contributed by atoms with E-state index in [0.717, 1.165) is 11.3 Å². The predicted molar refractivity (Wildman–Crippen MR) is 68.7 cm³/mol. The standard InChI is InChI=1S/C13H16N4O/c14-12(10-4-2-1-3-5-10)13(18)16-7-6-11-8-15-9-17-11/h1-5,8-9,12H,6-7,14H2,(H,15,17)(H,16,18)/t12-/m0/s1. The maximum Gasteiger partial charge on any atom is 0.241 e. The SMILES string of the molecule is N[C@H](C(=O)NCCc1cnc[nH]1)c1ccccc1. The molecule has 0 saturated heterocycles. The van der Waals surface area contributed by atoms with E-state index in [9.17, 15) is 4.79 Å². The molecule has 1 amide bonds. The number of rotatable bonds is 5. The van der Waals surface area contributed by atoms with E-state index in [1.807, 2.05) is 30.3 Å². The van der Waals surface area contributed by atoms with Crippen molar-refractivity contribution in [3.05, 3.63) is 54.1 Å². The lowest BCUT2D eigenvalue weighted by atomic mass is 10.1. The predicted octanol–water partition coefficient (Wildman–Crippen LogP) is 0.768. The fourth-order valence-electron chi connectivity index (χ4n) is 1.66. The summed E-state index contributed by atoms with van der Waals surface area (Å²) < 4.78 is 0. The Balaban J connectivity index is 1.81. The van der Waals surface area contributed by atoms with Crippen LogP contribution in [0.25, 0.3) is 0 Å². The first kappa shape index (κ1) is 12.3. The Morgan fingerprint density at radius 3 is 2.83 bits per heavy atom. The van der Waals surface area contributed by atoms with Gasteiger partial charge in [0, 0.05) is 24.9 Å². The van der Waals surface area contributed by atoms with E-state index in [1.54, 1.807) is 12.5 Å². The lowest BCUT2D eigenvalue weighted by molar-refractivity contribution is -0.122. The zero-order valence-electron chi connectivity index (χ0n) is 9.97. The number of aromatic nitrogens is 2. The largest absolute Gasteiger partial charge is 0.354 e. The van der Waals surface area contributed by atoms with E-state index in [2.05, 4.69) is 15.3 Å². The Morgan fingerprint density at radius 1 is 1.39 bits per heavy atom. The molecule has 1 aromatic heterocycles. The molecule has 0 unspecified atom stereocenters. The van der Waals surface area contributed by atoms with E-state index in [-0.39, 0.29) is 5.91 Å². The summed E-state index contributed by atoms with van der Waals surface area (Å²) in [6.07, 6.45) is 4.07. The fraction of sp³-hybridized carbons (Fsp3) is 0.231. The van der Waals surface area contributed by atoms with Crippen molar-refractivity contribution in [3.63, 3.8) is 0 Å². The van der Waals surface area contributed by atoms with Gasteiger partial charge in [0.25, 0.3) is 0 Å². The van der Waals surface area contributed by atoms with Crippen molar-refractivity contribution < 1.29 is 4.79 Å². The van der Waals surface area contributed by atoms with Crippen LogP contribution in [0.5, 0.6) is 0 Å². The third-order valence-electron chi connectivity index (χ3n) is 2.69. The topological polar surface area (TPSA) is 83.8 Å². The zero-order valence-corrected chi connectivity index (χ0v) is 9.97. The highest BCUT2D eigenvalue weighted by molar-refractivity contribution is 5.82. The van der Waals surface area contributed by atoms with Crippen LogP contribution in [0.4, 0.5) is 0 Å². The molecule has 2 aromatic rings. The highest BCUT2D eigenvalue weighted by atomic mass is 16.2. The molecule has 1 heterocycles. The smallest absolute Gasteiger partial charge is 0.241 e. The van der Waals surface area contributed by atoms with E-state index in [4.69, 9.17) is 5.73 Å². The maximum atomic E-state index is 11.8. The Morgan fingerprint density at radius 2 is 2.17 bits per heavy atom. The first-order valence-electron chi connectivity index (χ1n) is 5.83. The van der Waals surface area contributed by atoms with Crippen molar-refractivity contribution in [2.45, 2.75) is 12.5 Å². The summed E-state index contributed by atoms with van der Waals surface area (Å²) in [5.74, 6) is -0.166. The van der Waals surface area contributed by atoms with Crippen LogP contribution in [0.15, 0.2) is 42.9 Å². The van der Waals surface area contributed by atoms with Crippen molar-refractivity contribution in [1.82, 2.24) is 15.3 Å². The van der Waals surface area contributed by atoms with Crippen molar-refractivity contribution >= 4 is 5.91 Å². The average molecular weight is 244 g/mol. The van der Waals surface area contributed by atoms with E-state index < -0.39 is 6.04 Å². The van der Waals surface area contributed by atoms with Gasteiger partial charge in [-0.05, 0) is 5.56 Å². The van der Waals surface area contributed by atoms with Crippen LogP contribution in [-0.4, -0.2) is 22.4 Å². The number of nitrogens with two attached hydrogens (primary N) is 1. The molecule has 0 saturated carbocycles. The third kappa shape index (κ3) is 3.18. The average Bonchev–Trinajstić information content (AvgIpc) is 2.92. The number of nitrogens with zero attached hydrogens (tertiary/aromatic N) is 1. The fourth-order valence-corrected chi connectivity index (χ4v) is 1.66. The summed E-state index contributed by atoms with van der Waals surface area (Å²) >= 11 is 0. The van der Waals surface area contributed by atoms with Crippen LogP contribution in [0.3, 0.4) is 0 Å². The number of nitrogens with one attached hydrogen (secondary N) is 2. The molecule has 0 aliphatic carbocycles. The Hall–Kier alpha value is -2.14. The molecule has 0 spiro atoms. The van der Waals surface area contributed by atoms with Crippen LogP contribution in [0, 0.1) is 0 Å². The molecule has 0 radical (unpaired) electrons. The molecule has 5 nitrogen and oxygen atoms in total. The quantitative estimate of drug-likeness (QED) is 0.726. The number of carbonyl (C=O) groups excluding carboxylic acids is 1. The molecule has 0 aliphatic rings. The van der Waals surface area contributed by atoms with Crippen LogP contribution in [0.1, 0.15) is 17.3 Å². The minimum atomic E-state index is -0.618. The van der Waals surface area contributed by atoms with Crippen molar-refractivity contribution in [1.29, 1.82) is 0 Å². The number of benzene rings is 1. The van der Waals surface area contributed by atoms with E-state index >= 15 is 0 Å². The second-order valence-electron chi connectivity index (χ2n) is 4.01. The Bertz CT molecular complexity index is 481. The normalized spacial score (nSPS) is 12.1. The van der Waals surface area contributed by atoms with Crippen molar-refractivity contribution in [2.75, 3.05) is 6.54 Å². The highest BCUT2D eigenvalue weighted by Gasteiger charge is 2.14. The second kappa shape index (κ2) is 5.97. The van der Waals surface area contributed by atoms with Gasteiger partial charge < -0.3 is 16.0 Å². The molecule has 0 aliphatic heterocycles. The number of imidazole rings is 1. The summed E-state index contributed by atoms with van der Waals surface area (Å²) in [5.41, 5.74) is 7.67. The number of aromatic amines is 1. The van der Waals surface area contributed by atoms with Crippen molar-refractivity contribution in [3.8, 4) is 0 Å². The van der Waals surface area contributed by atoms with Gasteiger partial charge in [0.2, 0.25) is 5.91 Å². The molecule has 0 bridgehead atoms. The number of H-pyrrole nitrogens is 1. The summed E-state index contributed by atoms with van der Waals surface area (Å²) in [6, 6.07) is 8.71. The molecule has 1 atom stereocenters. The van der Waals surface area contributed by atoms with Gasteiger partial charge in [-0.3, -0.25) is 4.79 Å². The van der Waals surface area contributed by atoms with E-state index in [1.165, 1.54) is 0 Å². The molecule has 1 aromatic carbocycles. The van der Waals surface area contributed by atoms with Gasteiger partial charge in [-0.15, -0.1) is 0 Å². The summed E-state index contributed by atoms with van der Waals surface area (Å²) in [6.45, 7) is 0.543. The lowest BCUT2D eigenvalue weighted by Gasteiger charge is -2.12. The summed E-state index contributed by atoms with van der Waals surface area (Å²) in [4.78, 5) is 18.7. The summed E-state index contributed by atoms with van der Waals surface area (Å²) in [5, 5.41) is 2.81. The van der Waals surface area contributed by atoms with Crippen LogP contribution >= 0.6 is 0 Å². The minimum absolute atomic E-state index is 0.166. The number of carbonyl (C=O) groups is 1. The third-order valence-corrected chi connectivity index (χ3v) is 2.69. The molecule has 2 rings (SSSR count). The van der Waals surface area contributed by atoms with Gasteiger partial charge in [0.05, 0.1) is 6.33 Å². The van der Waals surface area contributed by atoms with E-state index in [0.29, 0.717) is 13.0 Å². The van der Waals surface area contributed by atoms with Gasteiger partial charge in [0.1, 0.15) is 6.04 Å². The summed E-state index contributed by atoms with van der Waals surface area (Å²) in [7, 11) is 0. The number of amides is 1. The second-order valence-corrected chi connectivity index (χ2v) is 4.01. The molecule has 94 valence electrons. The van der Waals surface area contributed by atoms with Gasteiger partial charge in [-0.2, -0.15) is 0 Å². The highest BCUT2D eigenvalue weighted by Crippen LogP contribution is 2.08. The van der Waals surface area contributed by atoms with Crippen LogP contribution < -0.4 is 11.1 Å². The molecular formula is C13H16N4O. The van der Waals surface area contributed by atoms with Crippen LogP contribution in [0.2, 0.25) is 0 Å².